The maximum absolute atomic E-state index is 12.3. The van der Waals surface area contributed by atoms with Crippen molar-refractivity contribution in [2.24, 2.45) is 0 Å². The molecule has 2 N–H and O–H groups in total. The van der Waals surface area contributed by atoms with E-state index in [9.17, 15) is 4.79 Å². The molecule has 0 radical (unpaired) electrons. The van der Waals surface area contributed by atoms with Crippen molar-refractivity contribution >= 4 is 39.8 Å². The summed E-state index contributed by atoms with van der Waals surface area (Å²) in [5.41, 5.74) is 1.46. The van der Waals surface area contributed by atoms with Gasteiger partial charge in [0.2, 0.25) is 0 Å². The second-order valence-corrected chi connectivity index (χ2v) is 6.36. The number of aryl methyl sites for hydroxylation is 1. The summed E-state index contributed by atoms with van der Waals surface area (Å²) in [7, 11) is 0. The molecule has 3 rings (SSSR count). The van der Waals surface area contributed by atoms with Crippen LogP contribution in [0.5, 0.6) is 0 Å². The molecule has 6 nitrogen and oxygen atoms in total. The van der Waals surface area contributed by atoms with Gasteiger partial charge in [-0.1, -0.05) is 29.0 Å². The van der Waals surface area contributed by atoms with Crippen molar-refractivity contribution in [3.8, 4) is 0 Å². The Morgan fingerprint density at radius 3 is 2.83 bits per heavy atom. The third-order valence-electron chi connectivity index (χ3n) is 3.12. The van der Waals surface area contributed by atoms with Crippen LogP contribution in [0.25, 0.3) is 0 Å². The third-order valence-corrected chi connectivity index (χ3v) is 4.42. The van der Waals surface area contributed by atoms with Crippen LogP contribution in [0.15, 0.2) is 42.7 Å². The highest BCUT2D eigenvalue weighted by Crippen LogP contribution is 2.25. The molecule has 0 bridgehead atoms. The molecule has 0 aliphatic heterocycles. The molecule has 3 heterocycles. The summed E-state index contributed by atoms with van der Waals surface area (Å²) in [6.45, 7) is 2.17. The van der Waals surface area contributed by atoms with Gasteiger partial charge >= 0.3 is 0 Å². The van der Waals surface area contributed by atoms with E-state index in [0.717, 1.165) is 5.69 Å². The summed E-state index contributed by atoms with van der Waals surface area (Å²) in [5, 5.41) is 7.08. The van der Waals surface area contributed by atoms with Gasteiger partial charge in [0, 0.05) is 12.4 Å². The molecule has 0 aromatic carbocycles. The molecule has 0 aliphatic carbocycles. The van der Waals surface area contributed by atoms with E-state index < -0.39 is 0 Å². The van der Waals surface area contributed by atoms with Gasteiger partial charge in [-0.15, -0.1) is 0 Å². The topological polar surface area (TPSA) is 79.8 Å². The first-order chi connectivity index (χ1) is 11.6. The minimum atomic E-state index is -0.173. The number of aromatic nitrogens is 3. The number of hydrogen-bond donors (Lipinski definition) is 2. The van der Waals surface area contributed by atoms with E-state index >= 15 is 0 Å². The molecule has 3 aromatic rings. The first-order valence-corrected chi connectivity index (χ1v) is 8.35. The zero-order valence-electron chi connectivity index (χ0n) is 12.8. The van der Waals surface area contributed by atoms with Gasteiger partial charge in [-0.3, -0.25) is 9.78 Å². The number of hydrogen-bond acceptors (Lipinski definition) is 6. The van der Waals surface area contributed by atoms with Gasteiger partial charge in [0.15, 0.2) is 5.13 Å². The van der Waals surface area contributed by atoms with Gasteiger partial charge in [-0.2, -0.15) is 0 Å². The molecule has 0 spiro atoms. The number of nitrogens with one attached hydrogen (secondary N) is 2. The van der Waals surface area contributed by atoms with Crippen LogP contribution in [-0.2, 0) is 6.54 Å². The summed E-state index contributed by atoms with van der Waals surface area (Å²) >= 11 is 7.08. The lowest BCUT2D eigenvalue weighted by molar-refractivity contribution is 0.0953. The van der Waals surface area contributed by atoms with E-state index in [-0.39, 0.29) is 5.91 Å². The maximum Gasteiger partial charge on any atom is 0.263 e. The highest BCUT2D eigenvalue weighted by Gasteiger charge is 2.15. The van der Waals surface area contributed by atoms with Crippen molar-refractivity contribution in [2.75, 3.05) is 5.32 Å². The van der Waals surface area contributed by atoms with E-state index in [0.29, 0.717) is 33.1 Å². The van der Waals surface area contributed by atoms with Crippen LogP contribution in [0.4, 0.5) is 10.9 Å². The molecule has 0 saturated heterocycles. The number of amides is 1. The number of rotatable bonds is 5. The molecule has 122 valence electrons. The van der Waals surface area contributed by atoms with Crippen LogP contribution >= 0.6 is 22.9 Å². The van der Waals surface area contributed by atoms with Crippen LogP contribution in [0, 0.1) is 6.92 Å². The summed E-state index contributed by atoms with van der Waals surface area (Å²) in [4.78, 5) is 25.6. The first-order valence-electron chi connectivity index (χ1n) is 7.16. The summed E-state index contributed by atoms with van der Waals surface area (Å²) < 4.78 is 0. The van der Waals surface area contributed by atoms with Crippen molar-refractivity contribution in [2.45, 2.75) is 13.5 Å². The van der Waals surface area contributed by atoms with Crippen molar-refractivity contribution in [1.29, 1.82) is 0 Å². The Labute approximate surface area is 148 Å². The Bertz CT molecular complexity index is 835. The smallest absolute Gasteiger partial charge is 0.263 e. The van der Waals surface area contributed by atoms with Gasteiger partial charge < -0.3 is 10.6 Å². The maximum atomic E-state index is 12.3. The summed E-state index contributed by atoms with van der Waals surface area (Å²) in [6.07, 6.45) is 3.24. The SMILES string of the molecule is Cc1nc(Nc2ccc(Cl)cn2)sc1C(=O)NCc1ccccn1. The van der Waals surface area contributed by atoms with Crippen LogP contribution in [0.1, 0.15) is 21.1 Å². The first kappa shape index (κ1) is 16.4. The van der Waals surface area contributed by atoms with E-state index in [1.54, 1.807) is 31.5 Å². The molecule has 1 amide bonds. The molecule has 0 aliphatic rings. The third kappa shape index (κ3) is 4.06. The van der Waals surface area contributed by atoms with Gasteiger partial charge in [-0.05, 0) is 31.2 Å². The van der Waals surface area contributed by atoms with Crippen LogP contribution in [-0.4, -0.2) is 20.9 Å². The van der Waals surface area contributed by atoms with E-state index in [4.69, 9.17) is 11.6 Å². The molecule has 24 heavy (non-hydrogen) atoms. The molecule has 8 heteroatoms. The van der Waals surface area contributed by atoms with Crippen molar-refractivity contribution in [3.63, 3.8) is 0 Å². The zero-order chi connectivity index (χ0) is 16.9. The number of carbonyl (C=O) groups excluding carboxylic acids is 1. The average molecular weight is 360 g/mol. The second kappa shape index (κ2) is 7.37. The average Bonchev–Trinajstić information content (AvgIpc) is 2.96. The molecule has 3 aromatic heterocycles. The number of nitrogens with zero attached hydrogens (tertiary/aromatic N) is 3. The highest BCUT2D eigenvalue weighted by atomic mass is 35.5. The van der Waals surface area contributed by atoms with Crippen molar-refractivity contribution in [1.82, 2.24) is 20.3 Å². The fourth-order valence-electron chi connectivity index (χ4n) is 1.97. The largest absolute Gasteiger partial charge is 0.346 e. The van der Waals surface area contributed by atoms with Gasteiger partial charge in [0.25, 0.3) is 5.91 Å². The predicted molar refractivity (Wildman–Crippen MR) is 94.8 cm³/mol. The lowest BCUT2D eigenvalue weighted by Crippen LogP contribution is -2.23. The fourth-order valence-corrected chi connectivity index (χ4v) is 2.98. The number of thiazole rings is 1. The van der Waals surface area contributed by atoms with Crippen LogP contribution in [0.3, 0.4) is 0 Å². The van der Waals surface area contributed by atoms with E-state index in [1.165, 1.54) is 11.3 Å². The van der Waals surface area contributed by atoms with E-state index in [2.05, 4.69) is 25.6 Å². The predicted octanol–water partition coefficient (Wildman–Crippen LogP) is 3.57. The Kier molecular flexibility index (Phi) is 5.02. The molecule has 0 unspecified atom stereocenters. The van der Waals surface area contributed by atoms with Crippen molar-refractivity contribution < 1.29 is 4.79 Å². The minimum absolute atomic E-state index is 0.173. The Hall–Kier alpha value is -2.51. The number of carbonyl (C=O) groups is 1. The quantitative estimate of drug-likeness (QED) is 0.728. The standard InChI is InChI=1S/C16H14ClN5OS/c1-10-14(15(23)20-9-12-4-2-3-7-18-12)24-16(21-10)22-13-6-5-11(17)8-19-13/h2-8H,9H2,1H3,(H,20,23)(H,19,21,22). The lowest BCUT2D eigenvalue weighted by atomic mass is 10.3. The van der Waals surface area contributed by atoms with Crippen molar-refractivity contribution in [3.05, 3.63) is 64.0 Å². The normalized spacial score (nSPS) is 10.4. The van der Waals surface area contributed by atoms with Crippen LogP contribution < -0.4 is 10.6 Å². The number of halogens is 1. The van der Waals surface area contributed by atoms with Crippen LogP contribution in [0.2, 0.25) is 5.02 Å². The Balaban J connectivity index is 1.66. The zero-order valence-corrected chi connectivity index (χ0v) is 14.4. The molecule has 0 saturated carbocycles. The van der Waals surface area contributed by atoms with Gasteiger partial charge in [0.1, 0.15) is 10.7 Å². The number of anilines is 2. The molecule has 0 fully saturated rings. The minimum Gasteiger partial charge on any atom is -0.346 e. The summed E-state index contributed by atoms with van der Waals surface area (Å²) in [6, 6.07) is 9.06. The second-order valence-electron chi connectivity index (χ2n) is 4.92. The highest BCUT2D eigenvalue weighted by molar-refractivity contribution is 7.17. The number of pyridine rings is 2. The van der Waals surface area contributed by atoms with E-state index in [1.807, 2.05) is 18.2 Å². The molecule has 0 atom stereocenters. The Morgan fingerprint density at radius 2 is 2.12 bits per heavy atom. The lowest BCUT2D eigenvalue weighted by Gasteiger charge is -2.03. The Morgan fingerprint density at radius 1 is 1.25 bits per heavy atom. The monoisotopic (exact) mass is 359 g/mol. The molecular weight excluding hydrogens is 346 g/mol. The van der Waals surface area contributed by atoms with Gasteiger partial charge in [-0.25, -0.2) is 9.97 Å². The van der Waals surface area contributed by atoms with Gasteiger partial charge in [0.05, 0.1) is 23.0 Å². The fraction of sp³-hybridized carbons (Fsp3) is 0.125. The molecular formula is C16H14ClN5OS. The summed E-state index contributed by atoms with van der Waals surface area (Å²) in [5.74, 6) is 0.446.